The number of amides is 1. The minimum Gasteiger partial charge on any atom is -0.349 e. The van der Waals surface area contributed by atoms with E-state index in [-0.39, 0.29) is 16.4 Å². The number of hydrogen-bond acceptors (Lipinski definition) is 3. The van der Waals surface area contributed by atoms with E-state index >= 15 is 0 Å². The van der Waals surface area contributed by atoms with Crippen molar-refractivity contribution in [3.8, 4) is 0 Å². The molecule has 5 nitrogen and oxygen atoms in total. The summed E-state index contributed by atoms with van der Waals surface area (Å²) in [6.07, 6.45) is -3.73. The minimum absolute atomic E-state index is 0.0479. The molecule has 0 bridgehead atoms. The number of nitrogens with zero attached hydrogens (tertiary/aromatic N) is 3. The molecule has 2 aromatic rings. The summed E-state index contributed by atoms with van der Waals surface area (Å²) >= 11 is 5.88. The molecule has 126 valence electrons. The maximum Gasteiger partial charge on any atom is 0.417 e. The smallest absolute Gasteiger partial charge is 0.349 e. The number of imidazole rings is 1. The summed E-state index contributed by atoms with van der Waals surface area (Å²) in [5.41, 5.74) is -0.454. The number of carbonyl (C=O) groups excluding carboxylic acids is 1. The van der Waals surface area contributed by atoms with Crippen LogP contribution >= 0.6 is 11.6 Å². The third kappa shape index (κ3) is 3.76. The van der Waals surface area contributed by atoms with E-state index in [9.17, 15) is 18.0 Å². The molecule has 23 heavy (non-hydrogen) atoms. The third-order valence-electron chi connectivity index (χ3n) is 3.24. The molecule has 0 atom stereocenters. The van der Waals surface area contributed by atoms with Gasteiger partial charge in [-0.05, 0) is 27.1 Å². The Hall–Kier alpha value is -1.80. The second kappa shape index (κ2) is 6.37. The minimum atomic E-state index is -4.56. The number of likely N-dealkylation sites (N-methyl/N-ethyl adjacent to an activating group) is 1. The molecule has 0 saturated heterocycles. The van der Waals surface area contributed by atoms with E-state index in [0.29, 0.717) is 18.8 Å². The molecule has 9 heteroatoms. The van der Waals surface area contributed by atoms with E-state index in [2.05, 4.69) is 10.3 Å². The molecular formula is C14H16ClF3N4O. The number of hydrogen-bond donors (Lipinski definition) is 1. The lowest BCUT2D eigenvalue weighted by atomic mass is 10.2. The molecule has 0 aromatic carbocycles. The zero-order chi connectivity index (χ0) is 17.4. The summed E-state index contributed by atoms with van der Waals surface area (Å²) in [6, 6.07) is 0.803. The second-order valence-electron chi connectivity index (χ2n) is 5.37. The number of rotatable bonds is 4. The monoisotopic (exact) mass is 348 g/mol. The Morgan fingerprint density at radius 2 is 2.09 bits per heavy atom. The van der Waals surface area contributed by atoms with E-state index < -0.39 is 17.6 Å². The molecule has 0 fully saturated rings. The molecule has 0 saturated carbocycles. The number of aromatic nitrogens is 2. The van der Waals surface area contributed by atoms with Crippen LogP contribution in [0.4, 0.5) is 13.2 Å². The molecule has 0 aliphatic rings. The van der Waals surface area contributed by atoms with Gasteiger partial charge in [-0.2, -0.15) is 13.2 Å². The maximum absolute atomic E-state index is 12.9. The zero-order valence-electron chi connectivity index (χ0n) is 12.8. The summed E-state index contributed by atoms with van der Waals surface area (Å²) in [5.74, 6) is -0.493. The van der Waals surface area contributed by atoms with Gasteiger partial charge in [0.15, 0.2) is 5.65 Å². The fourth-order valence-corrected chi connectivity index (χ4v) is 2.37. The number of aryl methyl sites for hydroxylation is 1. The largest absolute Gasteiger partial charge is 0.417 e. The quantitative estimate of drug-likeness (QED) is 0.924. The molecule has 1 N–H and O–H groups in total. The SMILES string of the molecule is Cc1nc2c(Cl)cc(C(F)(F)F)cn2c1C(=O)NCCN(C)C. The molecular weight excluding hydrogens is 333 g/mol. The van der Waals surface area contributed by atoms with Crippen molar-refractivity contribution >= 4 is 23.2 Å². The van der Waals surface area contributed by atoms with Crippen LogP contribution in [0.3, 0.4) is 0 Å². The van der Waals surface area contributed by atoms with Crippen molar-refractivity contribution in [1.29, 1.82) is 0 Å². The van der Waals surface area contributed by atoms with E-state index in [1.54, 1.807) is 6.92 Å². The molecule has 0 aliphatic carbocycles. The normalized spacial score (nSPS) is 12.2. The molecule has 1 amide bonds. The first-order chi connectivity index (χ1) is 10.6. The summed E-state index contributed by atoms with van der Waals surface area (Å²) in [5, 5.41) is 2.50. The van der Waals surface area contributed by atoms with Gasteiger partial charge in [-0.25, -0.2) is 4.98 Å². The van der Waals surface area contributed by atoms with Gasteiger partial charge in [-0.15, -0.1) is 0 Å². The van der Waals surface area contributed by atoms with Crippen LogP contribution in [-0.4, -0.2) is 47.4 Å². The molecule has 0 spiro atoms. The first-order valence-corrected chi connectivity index (χ1v) is 7.17. The highest BCUT2D eigenvalue weighted by Crippen LogP contribution is 2.33. The number of fused-ring (bicyclic) bond motifs is 1. The fourth-order valence-electron chi connectivity index (χ4n) is 2.12. The van der Waals surface area contributed by atoms with Gasteiger partial charge in [0.2, 0.25) is 0 Å². The Morgan fingerprint density at radius 1 is 1.43 bits per heavy atom. The predicted molar refractivity (Wildman–Crippen MR) is 80.8 cm³/mol. The Labute approximate surface area is 136 Å². The predicted octanol–water partition coefficient (Wildman–Crippen LogP) is 2.61. The Kier molecular flexibility index (Phi) is 4.86. The summed E-state index contributed by atoms with van der Waals surface area (Å²) in [4.78, 5) is 18.2. The number of halogens is 4. The number of alkyl halides is 3. The van der Waals surface area contributed by atoms with Crippen molar-refractivity contribution in [2.45, 2.75) is 13.1 Å². The van der Waals surface area contributed by atoms with E-state index in [4.69, 9.17) is 11.6 Å². The lowest BCUT2D eigenvalue weighted by molar-refractivity contribution is -0.137. The number of carbonyl (C=O) groups is 1. The fraction of sp³-hybridized carbons (Fsp3) is 0.429. The first kappa shape index (κ1) is 17.6. The summed E-state index contributed by atoms with van der Waals surface area (Å²) in [6.45, 7) is 2.53. The lowest BCUT2D eigenvalue weighted by Crippen LogP contribution is -2.32. The van der Waals surface area contributed by atoms with Crippen LogP contribution in [0.1, 0.15) is 21.7 Å². The van der Waals surface area contributed by atoms with E-state index in [0.717, 1.165) is 16.7 Å². The van der Waals surface area contributed by atoms with Crippen molar-refractivity contribution in [3.05, 3.63) is 34.2 Å². The second-order valence-corrected chi connectivity index (χ2v) is 5.78. The van der Waals surface area contributed by atoms with Gasteiger partial charge in [0.25, 0.3) is 5.91 Å². The van der Waals surface area contributed by atoms with E-state index in [1.807, 2.05) is 19.0 Å². The topological polar surface area (TPSA) is 49.6 Å². The Bertz CT molecular complexity index is 740. The molecule has 0 aliphatic heterocycles. The van der Waals surface area contributed by atoms with Gasteiger partial charge >= 0.3 is 6.18 Å². The average Bonchev–Trinajstić information content (AvgIpc) is 2.74. The summed E-state index contributed by atoms with van der Waals surface area (Å²) < 4.78 is 39.9. The summed E-state index contributed by atoms with van der Waals surface area (Å²) in [7, 11) is 3.70. The van der Waals surface area contributed by atoms with Gasteiger partial charge in [-0.1, -0.05) is 11.6 Å². The Balaban J connectivity index is 2.45. The highest BCUT2D eigenvalue weighted by Gasteiger charge is 2.32. The zero-order valence-corrected chi connectivity index (χ0v) is 13.6. The van der Waals surface area contributed by atoms with Crippen LogP contribution in [-0.2, 0) is 6.18 Å². The third-order valence-corrected chi connectivity index (χ3v) is 3.51. The van der Waals surface area contributed by atoms with Gasteiger partial charge in [0.05, 0.1) is 16.3 Å². The van der Waals surface area contributed by atoms with Gasteiger partial charge in [-0.3, -0.25) is 9.20 Å². The first-order valence-electron chi connectivity index (χ1n) is 6.79. The van der Waals surface area contributed by atoms with Gasteiger partial charge in [0.1, 0.15) is 5.69 Å². The van der Waals surface area contributed by atoms with Crippen LogP contribution in [0, 0.1) is 6.92 Å². The van der Waals surface area contributed by atoms with Crippen LogP contribution in [0.5, 0.6) is 0 Å². The maximum atomic E-state index is 12.9. The van der Waals surface area contributed by atoms with Gasteiger partial charge < -0.3 is 10.2 Å². The molecule has 2 aromatic heterocycles. The van der Waals surface area contributed by atoms with Crippen LogP contribution in [0.25, 0.3) is 5.65 Å². The molecule has 2 heterocycles. The van der Waals surface area contributed by atoms with Crippen LogP contribution in [0.2, 0.25) is 5.02 Å². The van der Waals surface area contributed by atoms with Crippen LogP contribution < -0.4 is 5.32 Å². The van der Waals surface area contributed by atoms with Crippen molar-refractivity contribution in [3.63, 3.8) is 0 Å². The van der Waals surface area contributed by atoms with E-state index in [1.165, 1.54) is 0 Å². The van der Waals surface area contributed by atoms with Crippen molar-refractivity contribution < 1.29 is 18.0 Å². The van der Waals surface area contributed by atoms with Crippen molar-refractivity contribution in [2.24, 2.45) is 0 Å². The number of nitrogens with one attached hydrogen (secondary N) is 1. The lowest BCUT2D eigenvalue weighted by Gasteiger charge is -2.12. The highest BCUT2D eigenvalue weighted by molar-refractivity contribution is 6.33. The van der Waals surface area contributed by atoms with Crippen LogP contribution in [0.15, 0.2) is 12.3 Å². The Morgan fingerprint density at radius 3 is 2.65 bits per heavy atom. The molecule has 2 rings (SSSR count). The highest BCUT2D eigenvalue weighted by atomic mass is 35.5. The number of pyridine rings is 1. The van der Waals surface area contributed by atoms with Gasteiger partial charge in [0, 0.05) is 19.3 Å². The van der Waals surface area contributed by atoms with Crippen molar-refractivity contribution in [2.75, 3.05) is 27.2 Å². The molecule has 0 unspecified atom stereocenters. The van der Waals surface area contributed by atoms with Crippen molar-refractivity contribution in [1.82, 2.24) is 19.6 Å². The molecule has 0 radical (unpaired) electrons. The standard InChI is InChI=1S/C14H16ClF3N4O/c1-8-11(13(23)19-4-5-21(2)3)22-7-9(14(16,17)18)6-10(15)12(22)20-8/h6-7H,4-5H2,1-3H3,(H,19,23). The average molecular weight is 349 g/mol.